The van der Waals surface area contributed by atoms with E-state index in [1.807, 2.05) is 49.4 Å². The summed E-state index contributed by atoms with van der Waals surface area (Å²) in [4.78, 5) is 25.0. The molecule has 6 nitrogen and oxygen atoms in total. The molecule has 1 amide bonds. The molecule has 0 atom stereocenters. The van der Waals surface area contributed by atoms with Gasteiger partial charge in [0, 0.05) is 23.7 Å². The average molecular weight is 362 g/mol. The normalized spacial score (nSPS) is 13.5. The minimum Gasteiger partial charge on any atom is -0.350 e. The first-order valence-electron chi connectivity index (χ1n) is 9.23. The monoisotopic (exact) mass is 362 g/mol. The average Bonchev–Trinajstić information content (AvgIpc) is 3.47. The van der Waals surface area contributed by atoms with Gasteiger partial charge in [-0.1, -0.05) is 48.0 Å². The molecule has 1 aliphatic carbocycles. The van der Waals surface area contributed by atoms with Gasteiger partial charge in [0.2, 0.25) is 0 Å². The van der Waals surface area contributed by atoms with E-state index in [0.29, 0.717) is 24.5 Å². The van der Waals surface area contributed by atoms with Crippen molar-refractivity contribution in [1.82, 2.24) is 19.7 Å². The number of aromatic nitrogens is 3. The summed E-state index contributed by atoms with van der Waals surface area (Å²) in [5, 5.41) is 7.40. The maximum Gasteiger partial charge on any atom is 0.346 e. The van der Waals surface area contributed by atoms with Crippen LogP contribution < -0.4 is 11.0 Å². The molecule has 1 fully saturated rings. The van der Waals surface area contributed by atoms with Crippen LogP contribution in [0.1, 0.15) is 34.8 Å². The number of amides is 1. The van der Waals surface area contributed by atoms with E-state index < -0.39 is 0 Å². The van der Waals surface area contributed by atoms with Crippen LogP contribution >= 0.6 is 0 Å². The van der Waals surface area contributed by atoms with E-state index in [9.17, 15) is 9.59 Å². The molecule has 1 saturated carbocycles. The largest absolute Gasteiger partial charge is 0.350 e. The fourth-order valence-electron chi connectivity index (χ4n) is 3.09. The second kappa shape index (κ2) is 7.23. The van der Waals surface area contributed by atoms with E-state index in [1.54, 1.807) is 16.7 Å². The van der Waals surface area contributed by atoms with Gasteiger partial charge in [-0.25, -0.2) is 9.48 Å². The number of hydrogen-bond acceptors (Lipinski definition) is 3. The van der Waals surface area contributed by atoms with Gasteiger partial charge >= 0.3 is 5.69 Å². The van der Waals surface area contributed by atoms with Crippen molar-refractivity contribution in [3.8, 4) is 11.4 Å². The summed E-state index contributed by atoms with van der Waals surface area (Å²) in [7, 11) is 0. The summed E-state index contributed by atoms with van der Waals surface area (Å²) in [5.41, 5.74) is 2.54. The van der Waals surface area contributed by atoms with Crippen LogP contribution in [0.2, 0.25) is 0 Å². The molecule has 3 aromatic rings. The lowest BCUT2D eigenvalue weighted by Crippen LogP contribution is -2.32. The van der Waals surface area contributed by atoms with Gasteiger partial charge in [-0.15, -0.1) is 5.10 Å². The van der Waals surface area contributed by atoms with E-state index in [-0.39, 0.29) is 17.6 Å². The molecular weight excluding hydrogens is 340 g/mol. The van der Waals surface area contributed by atoms with Gasteiger partial charge in [0.15, 0.2) is 5.82 Å². The van der Waals surface area contributed by atoms with Crippen LogP contribution in [0.3, 0.4) is 0 Å². The van der Waals surface area contributed by atoms with E-state index in [1.165, 1.54) is 4.68 Å². The van der Waals surface area contributed by atoms with Gasteiger partial charge in [0.05, 0.1) is 6.54 Å². The predicted molar refractivity (Wildman–Crippen MR) is 104 cm³/mol. The molecule has 0 bridgehead atoms. The van der Waals surface area contributed by atoms with Gasteiger partial charge in [0.25, 0.3) is 5.91 Å². The second-order valence-electron chi connectivity index (χ2n) is 6.92. The number of carbonyl (C=O) groups excluding carboxylic acids is 1. The molecule has 0 saturated heterocycles. The minimum atomic E-state index is -0.145. The molecule has 1 N–H and O–H groups in total. The Labute approximate surface area is 157 Å². The van der Waals surface area contributed by atoms with Gasteiger partial charge in [-0.2, -0.15) is 0 Å². The highest BCUT2D eigenvalue weighted by Gasteiger charge is 2.30. The van der Waals surface area contributed by atoms with Crippen molar-refractivity contribution >= 4 is 5.91 Å². The van der Waals surface area contributed by atoms with Gasteiger partial charge in [0.1, 0.15) is 0 Å². The van der Waals surface area contributed by atoms with Crippen molar-refractivity contribution in [2.24, 2.45) is 0 Å². The Kier molecular flexibility index (Phi) is 4.62. The van der Waals surface area contributed by atoms with Gasteiger partial charge in [-0.3, -0.25) is 9.36 Å². The number of hydrogen-bond donors (Lipinski definition) is 1. The van der Waals surface area contributed by atoms with E-state index >= 15 is 0 Å². The van der Waals surface area contributed by atoms with Crippen molar-refractivity contribution in [3.63, 3.8) is 0 Å². The molecule has 4 rings (SSSR count). The standard InChI is InChI=1S/C21H22N4O2/c1-15-7-9-17(10-8-15)20(26)22-13-14-24-21(27)25(18-11-12-18)19(23-24)16-5-3-2-4-6-16/h2-10,18H,11-14H2,1H3,(H,22,26). The number of carbonyl (C=O) groups is 1. The summed E-state index contributed by atoms with van der Waals surface area (Å²) in [6, 6.07) is 17.4. The number of aryl methyl sites for hydroxylation is 1. The highest BCUT2D eigenvalue weighted by Crippen LogP contribution is 2.36. The zero-order valence-electron chi connectivity index (χ0n) is 15.3. The lowest BCUT2D eigenvalue weighted by Gasteiger charge is -2.05. The Morgan fingerprint density at radius 3 is 2.48 bits per heavy atom. The molecule has 138 valence electrons. The third kappa shape index (κ3) is 3.69. The maximum atomic E-state index is 12.8. The Hall–Kier alpha value is -3.15. The van der Waals surface area contributed by atoms with Crippen molar-refractivity contribution in [2.75, 3.05) is 6.54 Å². The number of nitrogens with one attached hydrogen (secondary N) is 1. The molecule has 1 aromatic heterocycles. The first-order chi connectivity index (χ1) is 13.1. The first-order valence-corrected chi connectivity index (χ1v) is 9.23. The van der Waals surface area contributed by atoms with Crippen molar-refractivity contribution in [1.29, 1.82) is 0 Å². The summed E-state index contributed by atoms with van der Waals surface area (Å²) in [6.07, 6.45) is 2.02. The zero-order valence-corrected chi connectivity index (χ0v) is 15.3. The molecule has 0 unspecified atom stereocenters. The molecule has 1 aliphatic rings. The lowest BCUT2D eigenvalue weighted by atomic mass is 10.1. The van der Waals surface area contributed by atoms with Gasteiger partial charge < -0.3 is 5.32 Å². The lowest BCUT2D eigenvalue weighted by molar-refractivity contribution is 0.0952. The van der Waals surface area contributed by atoms with E-state index in [2.05, 4.69) is 10.4 Å². The van der Waals surface area contributed by atoms with Crippen LogP contribution in [0.4, 0.5) is 0 Å². The molecule has 0 radical (unpaired) electrons. The van der Waals surface area contributed by atoms with Crippen molar-refractivity contribution < 1.29 is 4.79 Å². The Balaban J connectivity index is 1.49. The summed E-state index contributed by atoms with van der Waals surface area (Å²) < 4.78 is 3.24. The molecule has 0 spiro atoms. The van der Waals surface area contributed by atoms with Crippen LogP contribution in [0, 0.1) is 6.92 Å². The zero-order chi connectivity index (χ0) is 18.8. The fourth-order valence-corrected chi connectivity index (χ4v) is 3.09. The summed E-state index contributed by atoms with van der Waals surface area (Å²) >= 11 is 0. The van der Waals surface area contributed by atoms with Crippen LogP contribution in [-0.4, -0.2) is 26.8 Å². The van der Waals surface area contributed by atoms with Crippen LogP contribution in [0.5, 0.6) is 0 Å². The third-order valence-corrected chi connectivity index (χ3v) is 4.74. The quantitative estimate of drug-likeness (QED) is 0.733. The SMILES string of the molecule is Cc1ccc(C(=O)NCCn2nc(-c3ccccc3)n(C3CC3)c2=O)cc1. The third-order valence-electron chi connectivity index (χ3n) is 4.74. The van der Waals surface area contributed by atoms with Crippen LogP contribution in [-0.2, 0) is 6.54 Å². The van der Waals surface area contributed by atoms with Gasteiger partial charge in [-0.05, 0) is 31.9 Å². The molecule has 27 heavy (non-hydrogen) atoms. The number of nitrogens with zero attached hydrogens (tertiary/aromatic N) is 3. The molecule has 1 heterocycles. The summed E-state index contributed by atoms with van der Waals surface area (Å²) in [6.45, 7) is 2.67. The Morgan fingerprint density at radius 2 is 1.81 bits per heavy atom. The van der Waals surface area contributed by atoms with E-state index in [4.69, 9.17) is 0 Å². The van der Waals surface area contributed by atoms with Crippen molar-refractivity contribution in [3.05, 3.63) is 76.2 Å². The Morgan fingerprint density at radius 1 is 1.11 bits per heavy atom. The summed E-state index contributed by atoms with van der Waals surface area (Å²) in [5.74, 6) is 0.556. The second-order valence-corrected chi connectivity index (χ2v) is 6.92. The van der Waals surface area contributed by atoms with Crippen LogP contribution in [0.15, 0.2) is 59.4 Å². The minimum absolute atomic E-state index is 0.110. The highest BCUT2D eigenvalue weighted by molar-refractivity contribution is 5.94. The maximum absolute atomic E-state index is 12.8. The molecular formula is C21H22N4O2. The number of benzene rings is 2. The predicted octanol–water partition coefficient (Wildman–Crippen LogP) is 2.79. The van der Waals surface area contributed by atoms with Crippen molar-refractivity contribution in [2.45, 2.75) is 32.4 Å². The highest BCUT2D eigenvalue weighted by atomic mass is 16.2. The molecule has 0 aliphatic heterocycles. The van der Waals surface area contributed by atoms with Crippen LogP contribution in [0.25, 0.3) is 11.4 Å². The molecule has 6 heteroatoms. The Bertz CT molecular complexity index is 999. The fraction of sp³-hybridized carbons (Fsp3) is 0.286. The van der Waals surface area contributed by atoms with E-state index in [0.717, 1.165) is 24.0 Å². The smallest absolute Gasteiger partial charge is 0.346 e. The topological polar surface area (TPSA) is 68.9 Å². The molecule has 2 aromatic carbocycles. The first kappa shape index (κ1) is 17.3. The number of rotatable bonds is 6.